The van der Waals surface area contributed by atoms with E-state index in [0.717, 1.165) is 25.1 Å². The molecular formula is C51H38O29. The monoisotopic (exact) mass is 1110 g/mol. The Kier molecular flexibility index (Phi) is 11.3. The van der Waals surface area contributed by atoms with E-state index in [2.05, 4.69) is 0 Å². The number of phenolic OH excluding ortho intramolecular Hbond substituents is 12. The number of benzene rings is 5. The van der Waals surface area contributed by atoms with Gasteiger partial charge >= 0.3 is 29.8 Å². The molecule has 0 unspecified atom stereocenters. The molecular weight excluding hydrogens is 1080 g/mol. The SMILES string of the molecule is CC(=O)O[C@@H]1COC(=O)c2cc(O)c(O)c(O)c2-c2c(cc(O)c(O)c2O)C(=O)O[C@H]1[C@@H]1OC(=O)c2cc(O)c(O)c3c2[C@H]2C4=C(C(=O)C(O)(O)[C@@]2(O)O3)[C@@H](c2c(O)cc(O)c3c2O[C@H](c2ccc(O)c(O)c2)[C@@H](O)C3)[C@@H]1OC4=O. The Morgan fingerprint density at radius 3 is 1.76 bits per heavy atom. The Labute approximate surface area is 442 Å². The highest BCUT2D eigenvalue weighted by atomic mass is 16.7. The number of Topliss-reactive ketones (excluding diaryl/α,β-unsaturated/α-hetero) is 1. The number of carbonyl (C=O) groups is 6. The first kappa shape index (κ1) is 52.0. The normalized spacial score (nSPS) is 26.2. The number of carbonyl (C=O) groups excluding carboxylic acids is 6. The van der Waals surface area contributed by atoms with Gasteiger partial charge in [-0.25, -0.2) is 19.2 Å². The number of fused-ring (bicyclic) bond motifs is 5. The van der Waals surface area contributed by atoms with Crippen LogP contribution in [0.1, 0.15) is 78.2 Å². The smallest absolute Gasteiger partial charge is 0.339 e. The number of ether oxygens (including phenoxy) is 7. The maximum Gasteiger partial charge on any atom is 0.339 e. The van der Waals surface area contributed by atoms with Crippen LogP contribution in [0.15, 0.2) is 53.6 Å². The predicted octanol–water partition coefficient (Wildman–Crippen LogP) is 0.159. The van der Waals surface area contributed by atoms with E-state index >= 15 is 19.2 Å². The zero-order valence-corrected chi connectivity index (χ0v) is 40.0. The third-order valence-electron chi connectivity index (χ3n) is 14.6. The Balaban J connectivity index is 1.23. The molecule has 29 heteroatoms. The van der Waals surface area contributed by atoms with Crippen LogP contribution >= 0.6 is 0 Å². The number of aromatic hydroxyl groups is 12. The summed E-state index contributed by atoms with van der Waals surface area (Å²) in [5.41, 5.74) is -10.4. The summed E-state index contributed by atoms with van der Waals surface area (Å²) in [6.45, 7) is -0.697. The second-order valence-corrected chi connectivity index (χ2v) is 19.2. The summed E-state index contributed by atoms with van der Waals surface area (Å²) in [6.07, 6.45) is -14.9. The molecule has 9 atom stereocenters. The minimum atomic E-state index is -4.36. The van der Waals surface area contributed by atoms with Gasteiger partial charge in [-0.1, -0.05) is 6.07 Å². The quantitative estimate of drug-likeness (QED) is 0.0493. The minimum absolute atomic E-state index is 0.117. The van der Waals surface area contributed by atoms with Crippen LogP contribution in [0.4, 0.5) is 0 Å². The number of phenols is 12. The van der Waals surface area contributed by atoms with Crippen LogP contribution in [0.5, 0.6) is 80.5 Å². The average molecular weight is 1110 g/mol. The van der Waals surface area contributed by atoms with Crippen molar-refractivity contribution in [2.75, 3.05) is 6.61 Å². The van der Waals surface area contributed by atoms with Crippen molar-refractivity contribution in [2.45, 2.75) is 73.4 Å². The van der Waals surface area contributed by atoms with Crippen LogP contribution < -0.4 is 9.47 Å². The standard InChI is InChI=1S/C51H38O29/c1-11(52)75-25-10-74-46(67)14-6-21(57)34(61)37(64)26(14)27-15(7-22(58)35(62)38(27)65)47(68)77-41(25)44-43-30(29-20(56)9-18(54)13-5-24(60)39(76-40(13)29)12-2-3-17(53)19(55)4-12)31-32(49(70)78-43)33-28-16(48(69)79-44)8-23(59)36(63)42(28)80-51(33,73)50(71,72)45(31)66/h2-4,6-9,24-25,30,33,39,41,43-44,53-65,71-73H,5,10H2,1H3/t24-,25+,30+,33-,39+,41+,43-,44-,51-/m0/s1. The molecule has 5 aromatic carbocycles. The van der Waals surface area contributed by atoms with E-state index in [-0.39, 0.29) is 5.56 Å². The molecule has 6 aliphatic rings. The van der Waals surface area contributed by atoms with Gasteiger partial charge in [0.15, 0.2) is 70.4 Å². The van der Waals surface area contributed by atoms with Crippen molar-refractivity contribution >= 4 is 35.6 Å². The molecule has 5 aromatic rings. The second kappa shape index (κ2) is 17.5. The number of hydrogen-bond donors (Lipinski definition) is 16. The van der Waals surface area contributed by atoms with Crippen LogP contribution in [0.2, 0.25) is 0 Å². The molecule has 416 valence electrons. The van der Waals surface area contributed by atoms with Crippen LogP contribution in [-0.2, 0) is 44.5 Å². The number of aliphatic hydroxyl groups is 4. The van der Waals surface area contributed by atoms with E-state index in [1.54, 1.807) is 0 Å². The number of ketones is 1. The molecule has 0 saturated heterocycles. The molecule has 1 aliphatic carbocycles. The van der Waals surface area contributed by atoms with E-state index in [0.29, 0.717) is 24.3 Å². The summed E-state index contributed by atoms with van der Waals surface area (Å²) in [5.74, 6) is -40.6. The van der Waals surface area contributed by atoms with Gasteiger partial charge in [0.1, 0.15) is 30.0 Å². The zero-order chi connectivity index (χ0) is 57.8. The lowest BCUT2D eigenvalue weighted by Crippen LogP contribution is -2.69. The molecule has 0 saturated carbocycles. The fraction of sp³-hybridized carbons (Fsp3) is 0.255. The number of hydrogen-bond acceptors (Lipinski definition) is 29. The summed E-state index contributed by atoms with van der Waals surface area (Å²) in [4.78, 5) is 87.9. The summed E-state index contributed by atoms with van der Waals surface area (Å²) in [6, 6.07) is 4.92. The largest absolute Gasteiger partial charge is 0.507 e. The van der Waals surface area contributed by atoms with Crippen molar-refractivity contribution < 1.29 is 144 Å². The molecule has 29 nitrogen and oxygen atoms in total. The van der Waals surface area contributed by atoms with E-state index in [9.17, 15) is 91.3 Å². The first-order chi connectivity index (χ1) is 37.6. The first-order valence-corrected chi connectivity index (χ1v) is 23.3. The summed E-state index contributed by atoms with van der Waals surface area (Å²) >= 11 is 0. The van der Waals surface area contributed by atoms with Crippen molar-refractivity contribution in [3.8, 4) is 91.6 Å². The van der Waals surface area contributed by atoms with Gasteiger partial charge in [-0.15, -0.1) is 0 Å². The zero-order valence-electron chi connectivity index (χ0n) is 40.0. The minimum Gasteiger partial charge on any atom is -0.507 e. The molecule has 0 radical (unpaired) electrons. The van der Waals surface area contributed by atoms with E-state index < -0.39 is 245 Å². The molecule has 0 aromatic heterocycles. The molecule has 0 amide bonds. The van der Waals surface area contributed by atoms with E-state index in [1.807, 2.05) is 0 Å². The second-order valence-electron chi connectivity index (χ2n) is 19.2. The van der Waals surface area contributed by atoms with Gasteiger partial charge < -0.3 is 115 Å². The maximum atomic E-state index is 15.2. The van der Waals surface area contributed by atoms with E-state index in [4.69, 9.17) is 33.2 Å². The Bertz CT molecular complexity index is 3730. The van der Waals surface area contributed by atoms with Crippen molar-refractivity contribution in [3.63, 3.8) is 0 Å². The highest BCUT2D eigenvalue weighted by Crippen LogP contribution is 2.65. The number of rotatable bonds is 4. The molecule has 0 spiro atoms. The number of esters is 5. The van der Waals surface area contributed by atoms with Gasteiger partial charge in [0, 0.05) is 52.8 Å². The highest BCUT2D eigenvalue weighted by Gasteiger charge is 2.74. The van der Waals surface area contributed by atoms with Crippen molar-refractivity contribution in [3.05, 3.63) is 92.6 Å². The Morgan fingerprint density at radius 2 is 1.14 bits per heavy atom. The Morgan fingerprint density at radius 1 is 0.562 bits per heavy atom. The fourth-order valence-corrected chi connectivity index (χ4v) is 11.0. The third kappa shape index (κ3) is 7.17. The van der Waals surface area contributed by atoms with Gasteiger partial charge in [-0.2, -0.15) is 0 Å². The lowest BCUT2D eigenvalue weighted by Gasteiger charge is -2.49. The molecule has 4 bridgehead atoms. The van der Waals surface area contributed by atoms with Gasteiger partial charge in [0.2, 0.25) is 23.0 Å². The van der Waals surface area contributed by atoms with Crippen molar-refractivity contribution in [1.82, 2.24) is 0 Å². The fourth-order valence-electron chi connectivity index (χ4n) is 11.0. The van der Waals surface area contributed by atoms with Gasteiger partial charge in [0.25, 0.3) is 11.6 Å². The van der Waals surface area contributed by atoms with Gasteiger partial charge in [0.05, 0.1) is 40.2 Å². The van der Waals surface area contributed by atoms with Crippen LogP contribution in [0.3, 0.4) is 0 Å². The molecule has 80 heavy (non-hydrogen) atoms. The molecule has 16 N–H and O–H groups in total. The lowest BCUT2D eigenvalue weighted by atomic mass is 9.64. The topological polar surface area (TPSA) is 491 Å². The molecule has 0 fully saturated rings. The molecule has 5 aliphatic heterocycles. The third-order valence-corrected chi connectivity index (χ3v) is 14.6. The summed E-state index contributed by atoms with van der Waals surface area (Å²) in [5, 5.41) is 179. The first-order valence-electron chi connectivity index (χ1n) is 23.3. The van der Waals surface area contributed by atoms with Crippen LogP contribution in [-0.4, -0.2) is 166 Å². The van der Waals surface area contributed by atoms with Crippen LogP contribution in [0, 0.1) is 0 Å². The number of aliphatic hydroxyl groups excluding tert-OH is 1. The molecule has 5 heterocycles. The van der Waals surface area contributed by atoms with Crippen molar-refractivity contribution in [1.29, 1.82) is 0 Å². The number of cyclic esters (lactones) is 3. The van der Waals surface area contributed by atoms with E-state index in [1.165, 1.54) is 0 Å². The van der Waals surface area contributed by atoms with Gasteiger partial charge in [-0.3, -0.25) is 9.59 Å². The summed E-state index contributed by atoms with van der Waals surface area (Å²) in [7, 11) is 0. The van der Waals surface area contributed by atoms with Crippen molar-refractivity contribution in [2.24, 2.45) is 0 Å². The highest BCUT2D eigenvalue weighted by molar-refractivity contribution is 6.14. The molecule has 11 rings (SSSR count). The average Bonchev–Trinajstić information content (AvgIpc) is 3.52. The van der Waals surface area contributed by atoms with Gasteiger partial charge in [-0.05, 0) is 35.9 Å². The predicted molar refractivity (Wildman–Crippen MR) is 249 cm³/mol. The lowest BCUT2D eigenvalue weighted by molar-refractivity contribution is -0.324. The maximum absolute atomic E-state index is 15.2. The summed E-state index contributed by atoms with van der Waals surface area (Å²) < 4.78 is 40.6. The van der Waals surface area contributed by atoms with Crippen LogP contribution in [0.25, 0.3) is 11.1 Å². The Hall–Kier alpha value is -10.1.